The van der Waals surface area contributed by atoms with Crippen LogP contribution in [-0.4, -0.2) is 43.5 Å². The first-order valence-corrected chi connectivity index (χ1v) is 8.78. The Morgan fingerprint density at radius 1 is 1.00 bits per heavy atom. The first-order valence-electron chi connectivity index (χ1n) is 8.78. The Kier molecular flexibility index (Phi) is 7.23. The van der Waals surface area contributed by atoms with Gasteiger partial charge in [0, 0.05) is 12.6 Å². The average Bonchev–Trinajstić information content (AvgIpc) is 2.60. The number of amides is 2. The van der Waals surface area contributed by atoms with Crippen LogP contribution in [0.4, 0.5) is 5.69 Å². The second-order valence-electron chi connectivity index (χ2n) is 6.39. The molecule has 6 nitrogen and oxygen atoms in total. The lowest BCUT2D eigenvalue weighted by atomic mass is 10.1. The second-order valence-corrected chi connectivity index (χ2v) is 6.39. The first kappa shape index (κ1) is 20.3. The molecule has 6 heteroatoms. The van der Waals surface area contributed by atoms with E-state index in [1.807, 2.05) is 32.0 Å². The molecule has 1 N–H and O–H groups in total. The molecule has 0 aromatic heterocycles. The summed E-state index contributed by atoms with van der Waals surface area (Å²) in [6.45, 7) is 5.98. The summed E-state index contributed by atoms with van der Waals surface area (Å²) in [6, 6.07) is 13.0. The van der Waals surface area contributed by atoms with Crippen molar-refractivity contribution >= 4 is 17.5 Å². The van der Waals surface area contributed by atoms with E-state index in [2.05, 4.69) is 5.32 Å². The summed E-state index contributed by atoms with van der Waals surface area (Å²) in [6.07, 6.45) is 0. The molecule has 0 saturated heterocycles. The third kappa shape index (κ3) is 6.66. The fourth-order valence-corrected chi connectivity index (χ4v) is 2.71. The molecule has 0 saturated carbocycles. The highest BCUT2D eigenvalue weighted by Gasteiger charge is 2.14. The maximum Gasteiger partial charge on any atom is 0.243 e. The minimum absolute atomic E-state index is 0.0195. The highest BCUT2D eigenvalue weighted by Crippen LogP contribution is 2.17. The van der Waals surface area contributed by atoms with Gasteiger partial charge in [0.15, 0.2) is 0 Å². The number of nitrogens with one attached hydrogen (secondary N) is 1. The Bertz CT molecular complexity index is 767. The van der Waals surface area contributed by atoms with Gasteiger partial charge in [-0.1, -0.05) is 6.07 Å². The zero-order valence-electron chi connectivity index (χ0n) is 16.2. The summed E-state index contributed by atoms with van der Waals surface area (Å²) < 4.78 is 10.7. The maximum absolute atomic E-state index is 12.3. The van der Waals surface area contributed by atoms with Gasteiger partial charge in [0.25, 0.3) is 0 Å². The minimum atomic E-state index is -0.236. The van der Waals surface area contributed by atoms with E-state index in [-0.39, 0.29) is 18.4 Å². The number of hydrogen-bond donors (Lipinski definition) is 1. The Hall–Kier alpha value is -3.02. The van der Waals surface area contributed by atoms with E-state index in [0.717, 1.165) is 22.6 Å². The fourth-order valence-electron chi connectivity index (χ4n) is 2.71. The second kappa shape index (κ2) is 9.62. The Morgan fingerprint density at radius 3 is 2.15 bits per heavy atom. The number of nitrogens with zero attached hydrogens (tertiary/aromatic N) is 1. The maximum atomic E-state index is 12.3. The molecule has 0 aliphatic heterocycles. The molecule has 0 radical (unpaired) electrons. The molecule has 27 heavy (non-hydrogen) atoms. The van der Waals surface area contributed by atoms with Gasteiger partial charge in [-0.05, 0) is 61.4 Å². The van der Waals surface area contributed by atoms with Crippen LogP contribution in [0.15, 0.2) is 42.5 Å². The van der Waals surface area contributed by atoms with Crippen molar-refractivity contribution in [2.75, 3.05) is 32.1 Å². The topological polar surface area (TPSA) is 67.9 Å². The molecule has 2 rings (SSSR count). The van der Waals surface area contributed by atoms with Gasteiger partial charge < -0.3 is 19.7 Å². The number of methoxy groups -OCH3 is 1. The lowest BCUT2D eigenvalue weighted by Gasteiger charge is -2.21. The van der Waals surface area contributed by atoms with E-state index in [1.54, 1.807) is 31.4 Å². The number of benzene rings is 2. The third-order valence-corrected chi connectivity index (χ3v) is 3.97. The summed E-state index contributed by atoms with van der Waals surface area (Å²) in [5.74, 6) is 1.01. The summed E-state index contributed by atoms with van der Waals surface area (Å²) >= 11 is 0. The quantitative estimate of drug-likeness (QED) is 0.775. The van der Waals surface area contributed by atoms with E-state index >= 15 is 0 Å². The van der Waals surface area contributed by atoms with Crippen LogP contribution in [0.3, 0.4) is 0 Å². The van der Waals surface area contributed by atoms with E-state index in [9.17, 15) is 9.59 Å². The minimum Gasteiger partial charge on any atom is -0.497 e. The molecule has 144 valence electrons. The summed E-state index contributed by atoms with van der Waals surface area (Å²) in [5.41, 5.74) is 2.87. The number of hydrogen-bond acceptors (Lipinski definition) is 4. The molecule has 2 amide bonds. The molecule has 2 aromatic rings. The van der Waals surface area contributed by atoms with Crippen LogP contribution in [-0.2, 0) is 9.59 Å². The molecule has 0 heterocycles. The summed E-state index contributed by atoms with van der Waals surface area (Å²) in [7, 11) is 1.60. The molecular formula is C21H26N2O4. The van der Waals surface area contributed by atoms with Gasteiger partial charge in [0.1, 0.15) is 18.1 Å². The molecular weight excluding hydrogens is 344 g/mol. The molecule has 2 aromatic carbocycles. The first-order chi connectivity index (χ1) is 12.9. The highest BCUT2D eigenvalue weighted by molar-refractivity contribution is 5.94. The van der Waals surface area contributed by atoms with Crippen LogP contribution in [0.5, 0.6) is 11.5 Å². The fraction of sp³-hybridized carbons (Fsp3) is 0.333. The predicted molar refractivity (Wildman–Crippen MR) is 105 cm³/mol. The molecule has 0 spiro atoms. The normalized spacial score (nSPS) is 10.2. The predicted octanol–water partition coefficient (Wildman–Crippen LogP) is 3.18. The van der Waals surface area contributed by atoms with Crippen molar-refractivity contribution in [2.45, 2.75) is 20.8 Å². The van der Waals surface area contributed by atoms with Crippen molar-refractivity contribution < 1.29 is 19.1 Å². The Balaban J connectivity index is 1.86. The van der Waals surface area contributed by atoms with Crippen molar-refractivity contribution in [3.63, 3.8) is 0 Å². The van der Waals surface area contributed by atoms with Gasteiger partial charge in [-0.3, -0.25) is 9.59 Å². The summed E-state index contributed by atoms with van der Waals surface area (Å²) in [4.78, 5) is 25.6. The number of ether oxygens (including phenoxy) is 2. The van der Waals surface area contributed by atoms with Crippen LogP contribution >= 0.6 is 0 Å². The lowest BCUT2D eigenvalue weighted by molar-refractivity contribution is -0.133. The molecule has 0 bridgehead atoms. The molecule has 0 fully saturated rings. The van der Waals surface area contributed by atoms with Gasteiger partial charge in [0.05, 0.1) is 20.2 Å². The third-order valence-electron chi connectivity index (χ3n) is 3.97. The molecule has 0 aliphatic rings. The van der Waals surface area contributed by atoms with Crippen molar-refractivity contribution in [1.82, 2.24) is 4.90 Å². The molecule has 0 unspecified atom stereocenters. The highest BCUT2D eigenvalue weighted by atomic mass is 16.5. The lowest BCUT2D eigenvalue weighted by Crippen LogP contribution is -2.39. The van der Waals surface area contributed by atoms with Crippen LogP contribution in [0.1, 0.15) is 18.1 Å². The Labute approximate surface area is 160 Å². The number of rotatable bonds is 8. The van der Waals surface area contributed by atoms with Crippen LogP contribution < -0.4 is 14.8 Å². The standard InChI is InChI=1S/C21H26N2O4/c1-15-11-16(2)13-18(12-15)22-21(25)14-23(17(3)24)9-10-27-20-7-5-19(26-4)6-8-20/h5-8,11-13H,9-10,14H2,1-4H3,(H,22,25). The summed E-state index contributed by atoms with van der Waals surface area (Å²) in [5, 5.41) is 2.84. The smallest absolute Gasteiger partial charge is 0.243 e. The average molecular weight is 370 g/mol. The SMILES string of the molecule is COc1ccc(OCCN(CC(=O)Nc2cc(C)cc(C)c2)C(C)=O)cc1. The van der Waals surface area contributed by atoms with Crippen molar-refractivity contribution in [3.8, 4) is 11.5 Å². The van der Waals surface area contributed by atoms with E-state index < -0.39 is 0 Å². The van der Waals surface area contributed by atoms with Crippen LogP contribution in [0.25, 0.3) is 0 Å². The largest absolute Gasteiger partial charge is 0.497 e. The van der Waals surface area contributed by atoms with Gasteiger partial charge in [0.2, 0.25) is 11.8 Å². The monoisotopic (exact) mass is 370 g/mol. The Morgan fingerprint density at radius 2 is 1.59 bits per heavy atom. The zero-order chi connectivity index (χ0) is 19.8. The molecule has 0 atom stereocenters. The van der Waals surface area contributed by atoms with Crippen molar-refractivity contribution in [2.24, 2.45) is 0 Å². The van der Waals surface area contributed by atoms with E-state index in [4.69, 9.17) is 9.47 Å². The van der Waals surface area contributed by atoms with Gasteiger partial charge in [-0.2, -0.15) is 0 Å². The number of aryl methyl sites for hydroxylation is 2. The van der Waals surface area contributed by atoms with Gasteiger partial charge >= 0.3 is 0 Å². The van der Waals surface area contributed by atoms with Crippen LogP contribution in [0.2, 0.25) is 0 Å². The van der Waals surface area contributed by atoms with Crippen LogP contribution in [0, 0.1) is 13.8 Å². The molecule has 0 aliphatic carbocycles. The number of anilines is 1. The van der Waals surface area contributed by atoms with E-state index in [1.165, 1.54) is 11.8 Å². The van der Waals surface area contributed by atoms with Crippen molar-refractivity contribution in [3.05, 3.63) is 53.6 Å². The number of carbonyl (C=O) groups excluding carboxylic acids is 2. The van der Waals surface area contributed by atoms with Crippen molar-refractivity contribution in [1.29, 1.82) is 0 Å². The zero-order valence-corrected chi connectivity index (χ0v) is 16.2. The van der Waals surface area contributed by atoms with E-state index in [0.29, 0.717) is 18.9 Å². The van der Waals surface area contributed by atoms with Gasteiger partial charge in [-0.15, -0.1) is 0 Å². The number of carbonyl (C=O) groups is 2. The van der Waals surface area contributed by atoms with Gasteiger partial charge in [-0.25, -0.2) is 0 Å².